The first kappa shape index (κ1) is 37.1. The lowest BCUT2D eigenvalue weighted by Gasteiger charge is -2.16. The molecule has 0 saturated carbocycles. The van der Waals surface area contributed by atoms with Crippen LogP contribution in [-0.2, 0) is 12.6 Å². The Labute approximate surface area is 285 Å². The summed E-state index contributed by atoms with van der Waals surface area (Å²) in [5.74, 6) is -10.2. The van der Waals surface area contributed by atoms with Crippen LogP contribution in [0.15, 0.2) is 91.0 Å². The van der Waals surface area contributed by atoms with E-state index >= 15 is 8.78 Å². The first-order valence-corrected chi connectivity index (χ1v) is 15.6. The van der Waals surface area contributed by atoms with Crippen LogP contribution in [0.25, 0.3) is 39.5 Å². The zero-order valence-corrected chi connectivity index (χ0v) is 26.6. The third kappa shape index (κ3) is 8.79. The van der Waals surface area contributed by atoms with Crippen LogP contribution < -0.4 is 4.74 Å². The van der Waals surface area contributed by atoms with Gasteiger partial charge in [-0.3, -0.25) is 0 Å². The molecule has 0 amide bonds. The summed E-state index contributed by atoms with van der Waals surface area (Å²) in [6, 6.07) is 16.8. The third-order valence-electron chi connectivity index (χ3n) is 7.99. The van der Waals surface area contributed by atoms with E-state index in [0.29, 0.717) is 17.7 Å². The molecule has 5 aromatic rings. The monoisotopic (exact) mass is 720 g/mol. The van der Waals surface area contributed by atoms with Gasteiger partial charge in [-0.2, -0.15) is 22.0 Å². The van der Waals surface area contributed by atoms with Crippen LogP contribution in [0.1, 0.15) is 42.9 Å². The second kappa shape index (κ2) is 15.0. The molecule has 1 nitrogen and oxygen atoms in total. The molecule has 0 spiro atoms. The van der Waals surface area contributed by atoms with Crippen molar-refractivity contribution in [3.05, 3.63) is 143 Å². The van der Waals surface area contributed by atoms with Gasteiger partial charge in [0, 0.05) is 34.9 Å². The van der Waals surface area contributed by atoms with Gasteiger partial charge in [-0.1, -0.05) is 68.3 Å². The topological polar surface area (TPSA) is 9.23 Å². The Kier molecular flexibility index (Phi) is 10.9. The molecule has 0 unspecified atom stereocenters. The minimum Gasteiger partial charge on any atom is -0.429 e. The smallest absolute Gasteiger partial charge is 0.422 e. The van der Waals surface area contributed by atoms with E-state index in [4.69, 9.17) is 0 Å². The Hall–Kier alpha value is -5.13. The molecule has 0 saturated heterocycles. The highest BCUT2D eigenvalue weighted by atomic mass is 19.4. The van der Waals surface area contributed by atoms with E-state index in [1.165, 1.54) is 29.8 Å². The number of alkyl halides is 5. The molecule has 51 heavy (non-hydrogen) atoms. The molecule has 5 rings (SSSR count). The van der Waals surface area contributed by atoms with Gasteiger partial charge in [-0.25, -0.2) is 26.3 Å². The number of hydrogen-bond donors (Lipinski definition) is 0. The molecule has 0 atom stereocenters. The molecular weight excluding hydrogens is 693 g/mol. The van der Waals surface area contributed by atoms with Gasteiger partial charge in [-0.05, 0) is 71.0 Å². The van der Waals surface area contributed by atoms with Crippen molar-refractivity contribution in [3.8, 4) is 39.1 Å². The molecule has 0 N–H and O–H groups in total. The first-order chi connectivity index (χ1) is 24.1. The SMILES string of the molecule is CCCCCc1ccc(-c2ccc(-c3ccc(-c4cc(F)c(/C=C/C(F)(F)Oc5cc(F)c(C(F)(F)F)c(F)c5)c(F)c4)c(F)c3)c(F)c2)cc1. The maximum Gasteiger partial charge on any atom is 0.422 e. The van der Waals surface area contributed by atoms with Crippen molar-refractivity contribution >= 4 is 6.08 Å². The van der Waals surface area contributed by atoms with Crippen LogP contribution in [0, 0.1) is 34.9 Å². The molecule has 0 bridgehead atoms. The van der Waals surface area contributed by atoms with Gasteiger partial charge in [0.25, 0.3) is 0 Å². The van der Waals surface area contributed by atoms with Crippen molar-refractivity contribution in [2.24, 2.45) is 0 Å². The number of benzene rings is 5. The molecule has 5 aromatic carbocycles. The quantitative estimate of drug-likeness (QED) is 0.0975. The minimum absolute atomic E-state index is 0.0724. The van der Waals surface area contributed by atoms with Crippen LogP contribution in [0.4, 0.5) is 48.3 Å². The van der Waals surface area contributed by atoms with Gasteiger partial charge in [0.15, 0.2) is 0 Å². The predicted molar refractivity (Wildman–Crippen MR) is 172 cm³/mol. The van der Waals surface area contributed by atoms with E-state index < -0.39 is 64.1 Å². The summed E-state index contributed by atoms with van der Waals surface area (Å²) < 4.78 is 159. The Balaban J connectivity index is 1.32. The van der Waals surface area contributed by atoms with Gasteiger partial charge in [-0.15, -0.1) is 0 Å². The number of rotatable bonds is 11. The van der Waals surface area contributed by atoms with Gasteiger partial charge < -0.3 is 4.74 Å². The number of halogens is 11. The summed E-state index contributed by atoms with van der Waals surface area (Å²) in [5, 5.41) is 0. The van der Waals surface area contributed by atoms with Crippen molar-refractivity contribution < 1.29 is 53.0 Å². The van der Waals surface area contributed by atoms with Crippen LogP contribution in [0.5, 0.6) is 5.75 Å². The highest BCUT2D eigenvalue weighted by Gasteiger charge is 2.39. The Bertz CT molecular complexity index is 2020. The van der Waals surface area contributed by atoms with Crippen molar-refractivity contribution in [1.82, 2.24) is 0 Å². The summed E-state index contributed by atoms with van der Waals surface area (Å²) in [7, 11) is 0. The molecule has 0 fully saturated rings. The zero-order chi connectivity index (χ0) is 37.1. The number of aryl methyl sites for hydroxylation is 1. The summed E-state index contributed by atoms with van der Waals surface area (Å²) in [6.07, 6.45) is -5.64. The van der Waals surface area contributed by atoms with E-state index in [2.05, 4.69) is 11.7 Å². The fourth-order valence-electron chi connectivity index (χ4n) is 5.44. The standard InChI is InChI=1S/C39H27F11O/c1-2-3-4-5-22-6-8-23(9-7-22)24-10-12-28(31(40)16-24)25-11-13-29(32(41)17-25)26-18-33(42)30(34(43)19-26)14-15-38(46,47)51-27-20-35(44)37(36(45)21-27)39(48,49)50/h6-21H,2-5H2,1H3/b15-14+. The van der Waals surface area contributed by atoms with Gasteiger partial charge in [0.2, 0.25) is 0 Å². The molecule has 266 valence electrons. The highest BCUT2D eigenvalue weighted by Crippen LogP contribution is 2.37. The predicted octanol–water partition coefficient (Wildman–Crippen LogP) is 13.0. The molecule has 0 aliphatic carbocycles. The van der Waals surface area contributed by atoms with Crippen molar-refractivity contribution in [1.29, 1.82) is 0 Å². The summed E-state index contributed by atoms with van der Waals surface area (Å²) in [6.45, 7) is 2.13. The second-order valence-corrected chi connectivity index (χ2v) is 11.7. The maximum absolute atomic E-state index is 15.3. The van der Waals surface area contributed by atoms with Gasteiger partial charge in [0.1, 0.15) is 46.2 Å². The lowest BCUT2D eigenvalue weighted by Crippen LogP contribution is -2.22. The average molecular weight is 721 g/mol. The molecule has 0 aliphatic rings. The molecular formula is C39H27F11O. The van der Waals surface area contributed by atoms with Crippen molar-refractivity contribution in [3.63, 3.8) is 0 Å². The Morgan fingerprint density at radius 2 is 1.06 bits per heavy atom. The average Bonchev–Trinajstić information content (AvgIpc) is 3.03. The number of ether oxygens (including phenoxy) is 1. The van der Waals surface area contributed by atoms with E-state index in [-0.39, 0.29) is 46.5 Å². The summed E-state index contributed by atoms with van der Waals surface area (Å²) in [4.78, 5) is 0. The van der Waals surface area contributed by atoms with Gasteiger partial charge in [0.05, 0.1) is 0 Å². The fraction of sp³-hybridized carbons (Fsp3) is 0.179. The van der Waals surface area contributed by atoms with Crippen LogP contribution in [-0.4, -0.2) is 6.11 Å². The van der Waals surface area contributed by atoms with E-state index in [9.17, 15) is 39.5 Å². The van der Waals surface area contributed by atoms with Gasteiger partial charge >= 0.3 is 12.3 Å². The first-order valence-electron chi connectivity index (χ1n) is 15.6. The normalized spacial score (nSPS) is 12.2. The lowest BCUT2D eigenvalue weighted by atomic mass is 9.96. The van der Waals surface area contributed by atoms with Crippen LogP contribution in [0.3, 0.4) is 0 Å². The minimum atomic E-state index is -5.45. The van der Waals surface area contributed by atoms with E-state index in [1.807, 2.05) is 24.3 Å². The largest absolute Gasteiger partial charge is 0.429 e. The number of hydrogen-bond acceptors (Lipinski definition) is 1. The molecule has 12 heteroatoms. The van der Waals surface area contributed by atoms with E-state index in [1.54, 1.807) is 6.07 Å². The molecule has 0 aromatic heterocycles. The van der Waals surface area contributed by atoms with Crippen LogP contribution >= 0.6 is 0 Å². The zero-order valence-electron chi connectivity index (χ0n) is 26.6. The highest BCUT2D eigenvalue weighted by molar-refractivity contribution is 5.75. The third-order valence-corrected chi connectivity index (χ3v) is 7.99. The lowest BCUT2D eigenvalue weighted by molar-refractivity contribution is -0.143. The fourth-order valence-corrected chi connectivity index (χ4v) is 5.44. The molecule has 0 aliphatic heterocycles. The van der Waals surface area contributed by atoms with Crippen molar-refractivity contribution in [2.75, 3.05) is 0 Å². The second-order valence-electron chi connectivity index (χ2n) is 11.7. The summed E-state index contributed by atoms with van der Waals surface area (Å²) >= 11 is 0. The Morgan fingerprint density at radius 3 is 1.61 bits per heavy atom. The van der Waals surface area contributed by atoms with Crippen LogP contribution in [0.2, 0.25) is 0 Å². The van der Waals surface area contributed by atoms with E-state index in [0.717, 1.165) is 37.3 Å². The summed E-state index contributed by atoms with van der Waals surface area (Å²) in [5.41, 5.74) is -1.16. The maximum atomic E-state index is 15.3. The molecule has 0 heterocycles. The van der Waals surface area contributed by atoms with Crippen molar-refractivity contribution in [2.45, 2.75) is 44.9 Å². The number of unbranched alkanes of at least 4 members (excludes halogenated alkanes) is 2. The Morgan fingerprint density at radius 1 is 0.549 bits per heavy atom. The molecule has 0 radical (unpaired) electrons.